The molecule has 0 aliphatic rings. The van der Waals surface area contributed by atoms with E-state index < -0.39 is 15.7 Å². The topological polar surface area (TPSA) is 126 Å². The fraction of sp³-hybridized carbons (Fsp3) is 0.0556. The predicted octanol–water partition coefficient (Wildman–Crippen LogP) is 3.68. The summed E-state index contributed by atoms with van der Waals surface area (Å²) in [4.78, 5) is 11.7. The van der Waals surface area contributed by atoms with Gasteiger partial charge in [-0.25, -0.2) is 32.4 Å². The van der Waals surface area contributed by atoms with Gasteiger partial charge in [0.15, 0.2) is 20.7 Å². The van der Waals surface area contributed by atoms with Crippen molar-refractivity contribution < 1.29 is 12.8 Å². The number of hydrogen-bond donors (Lipinski definition) is 1. The number of nitriles is 1. The van der Waals surface area contributed by atoms with Gasteiger partial charge in [-0.3, -0.25) is 0 Å². The van der Waals surface area contributed by atoms with E-state index in [2.05, 4.69) is 25.4 Å². The fourth-order valence-corrected chi connectivity index (χ4v) is 4.00. The van der Waals surface area contributed by atoms with Gasteiger partial charge in [0.1, 0.15) is 29.2 Å². The van der Waals surface area contributed by atoms with Crippen molar-refractivity contribution in [2.45, 2.75) is 5.03 Å². The number of aromatic nitrogens is 5. The molecule has 31 heavy (non-hydrogen) atoms. The van der Waals surface area contributed by atoms with Gasteiger partial charge in [-0.15, -0.1) is 0 Å². The van der Waals surface area contributed by atoms with Crippen LogP contribution in [0.2, 0.25) is 10.0 Å². The number of fused-ring (bicyclic) bond motifs is 1. The van der Waals surface area contributed by atoms with Crippen LogP contribution < -0.4 is 5.32 Å². The zero-order valence-corrected chi connectivity index (χ0v) is 17.8. The minimum absolute atomic E-state index is 0.0358. The Bertz CT molecular complexity index is 1480. The van der Waals surface area contributed by atoms with Gasteiger partial charge in [0, 0.05) is 18.5 Å². The van der Waals surface area contributed by atoms with Gasteiger partial charge in [0.2, 0.25) is 0 Å². The van der Waals surface area contributed by atoms with E-state index >= 15 is 0 Å². The second-order valence-corrected chi connectivity index (χ2v) is 9.11. The van der Waals surface area contributed by atoms with E-state index in [1.807, 2.05) is 6.07 Å². The van der Waals surface area contributed by atoms with E-state index in [-0.39, 0.29) is 48.9 Å². The molecule has 0 atom stereocenters. The number of pyridine rings is 1. The highest BCUT2D eigenvalue weighted by Crippen LogP contribution is 2.33. The first-order valence-electron chi connectivity index (χ1n) is 8.40. The smallest absolute Gasteiger partial charge is 0.192 e. The maximum Gasteiger partial charge on any atom is 0.192 e. The molecular weight excluding hydrogens is 468 g/mol. The number of halogens is 3. The number of nitrogens with zero attached hydrogens (tertiary/aromatic N) is 6. The largest absolute Gasteiger partial charge is 0.324 e. The molecule has 156 valence electrons. The number of hydrogen-bond acceptors (Lipinski definition) is 8. The van der Waals surface area contributed by atoms with Crippen LogP contribution in [0, 0.1) is 17.1 Å². The maximum atomic E-state index is 14.4. The van der Waals surface area contributed by atoms with Crippen molar-refractivity contribution >= 4 is 55.6 Å². The standard InChI is InChI=1S/C18H10Cl2FN7O2S/c1-31(29,30)15-4-14(24-8-25-15)26-18-10-7-28(27-16(10)13(21)6-23-18)17-11(19)2-9(5-22)3-12(17)20/h2-4,6-8H,1H3,(H,23,24,25,26). The molecule has 0 saturated carbocycles. The summed E-state index contributed by atoms with van der Waals surface area (Å²) < 4.78 is 39.1. The number of anilines is 2. The summed E-state index contributed by atoms with van der Waals surface area (Å²) in [6.07, 6.45) is 4.51. The molecule has 0 fully saturated rings. The van der Waals surface area contributed by atoms with Gasteiger partial charge in [-0.05, 0) is 12.1 Å². The summed E-state index contributed by atoms with van der Waals surface area (Å²) in [7, 11) is -3.55. The summed E-state index contributed by atoms with van der Waals surface area (Å²) in [5.74, 6) is -0.389. The Morgan fingerprint density at radius 1 is 1.16 bits per heavy atom. The van der Waals surface area contributed by atoms with Crippen molar-refractivity contribution in [3.8, 4) is 11.8 Å². The van der Waals surface area contributed by atoms with Gasteiger partial charge in [0.05, 0.1) is 33.3 Å². The van der Waals surface area contributed by atoms with Crippen molar-refractivity contribution in [3.63, 3.8) is 0 Å². The Morgan fingerprint density at radius 3 is 2.52 bits per heavy atom. The molecule has 3 aromatic heterocycles. The zero-order chi connectivity index (χ0) is 22.3. The predicted molar refractivity (Wildman–Crippen MR) is 112 cm³/mol. The summed E-state index contributed by atoms with van der Waals surface area (Å²) >= 11 is 12.5. The monoisotopic (exact) mass is 477 g/mol. The average molecular weight is 478 g/mol. The van der Waals surface area contributed by atoms with E-state index in [1.165, 1.54) is 29.1 Å². The van der Waals surface area contributed by atoms with Crippen molar-refractivity contribution in [2.24, 2.45) is 0 Å². The highest BCUT2D eigenvalue weighted by Gasteiger charge is 2.18. The molecule has 13 heteroatoms. The third kappa shape index (κ3) is 4.00. The molecule has 1 aromatic carbocycles. The maximum absolute atomic E-state index is 14.4. The van der Waals surface area contributed by atoms with E-state index in [9.17, 15) is 12.8 Å². The Morgan fingerprint density at radius 2 is 1.87 bits per heavy atom. The molecule has 9 nitrogen and oxygen atoms in total. The molecule has 0 bridgehead atoms. The van der Waals surface area contributed by atoms with Crippen molar-refractivity contribution in [1.29, 1.82) is 5.26 Å². The van der Waals surface area contributed by atoms with Crippen LogP contribution in [-0.2, 0) is 9.84 Å². The number of sulfone groups is 1. The van der Waals surface area contributed by atoms with Crippen molar-refractivity contribution in [1.82, 2.24) is 24.7 Å². The first-order chi connectivity index (χ1) is 14.7. The SMILES string of the molecule is CS(=O)(=O)c1cc(Nc2ncc(F)c3nn(-c4c(Cl)cc(C#N)cc4Cl)cc23)ncn1. The highest BCUT2D eigenvalue weighted by molar-refractivity contribution is 7.90. The van der Waals surface area contributed by atoms with Crippen LogP contribution in [0.5, 0.6) is 0 Å². The Balaban J connectivity index is 1.83. The van der Waals surface area contributed by atoms with Crippen molar-refractivity contribution in [3.05, 3.63) is 58.3 Å². The third-order valence-corrected chi connectivity index (χ3v) is 5.71. The van der Waals surface area contributed by atoms with E-state index in [0.717, 1.165) is 18.8 Å². The number of benzene rings is 1. The first kappa shape index (κ1) is 20.9. The fourth-order valence-electron chi connectivity index (χ4n) is 2.77. The van der Waals surface area contributed by atoms with Crippen LogP contribution >= 0.6 is 23.2 Å². The highest BCUT2D eigenvalue weighted by atomic mass is 35.5. The van der Waals surface area contributed by atoms with Crippen LogP contribution in [0.3, 0.4) is 0 Å². The summed E-state index contributed by atoms with van der Waals surface area (Å²) in [6.45, 7) is 0. The molecule has 0 saturated heterocycles. The van der Waals surface area contributed by atoms with Crippen LogP contribution in [0.15, 0.2) is 41.9 Å². The Labute approximate surface area is 185 Å². The summed E-state index contributed by atoms with van der Waals surface area (Å²) in [5.41, 5.74) is 0.479. The molecule has 0 radical (unpaired) electrons. The van der Waals surface area contributed by atoms with Gasteiger partial charge >= 0.3 is 0 Å². The van der Waals surface area contributed by atoms with Crippen LogP contribution in [0.1, 0.15) is 5.56 Å². The van der Waals surface area contributed by atoms with Gasteiger partial charge in [0.25, 0.3) is 0 Å². The molecule has 0 unspecified atom stereocenters. The molecule has 1 N–H and O–H groups in total. The second-order valence-electron chi connectivity index (χ2n) is 6.33. The quantitative estimate of drug-likeness (QED) is 0.441. The first-order valence-corrected chi connectivity index (χ1v) is 11.0. The van der Waals surface area contributed by atoms with Gasteiger partial charge in [-0.1, -0.05) is 23.2 Å². The molecular formula is C18H10Cl2FN7O2S. The lowest BCUT2D eigenvalue weighted by atomic mass is 10.2. The Kier molecular flexibility index (Phi) is 5.22. The van der Waals surface area contributed by atoms with Crippen LogP contribution in [-0.4, -0.2) is 39.4 Å². The molecule has 4 rings (SSSR count). The van der Waals surface area contributed by atoms with E-state index in [4.69, 9.17) is 28.5 Å². The molecule has 3 heterocycles. The normalized spacial score (nSPS) is 11.5. The number of rotatable bonds is 4. The van der Waals surface area contributed by atoms with Crippen molar-refractivity contribution in [2.75, 3.05) is 11.6 Å². The molecule has 0 amide bonds. The van der Waals surface area contributed by atoms with E-state index in [0.29, 0.717) is 0 Å². The zero-order valence-electron chi connectivity index (χ0n) is 15.5. The summed E-state index contributed by atoms with van der Waals surface area (Å²) in [6, 6.07) is 5.99. The molecule has 0 aliphatic carbocycles. The van der Waals surface area contributed by atoms with Crippen LogP contribution in [0.25, 0.3) is 16.6 Å². The molecule has 4 aromatic rings. The lowest BCUT2D eigenvalue weighted by Gasteiger charge is -2.07. The average Bonchev–Trinajstić information content (AvgIpc) is 3.15. The minimum atomic E-state index is -3.55. The summed E-state index contributed by atoms with van der Waals surface area (Å²) in [5, 5.41) is 16.5. The molecule has 0 spiro atoms. The Hall–Kier alpha value is -3.33. The number of nitrogens with one attached hydrogen (secondary N) is 1. The van der Waals surface area contributed by atoms with Crippen LogP contribution in [0.4, 0.5) is 16.0 Å². The second kappa shape index (κ2) is 7.73. The lowest BCUT2D eigenvalue weighted by molar-refractivity contribution is 0.598. The van der Waals surface area contributed by atoms with E-state index in [1.54, 1.807) is 0 Å². The van der Waals surface area contributed by atoms with Gasteiger partial charge in [-0.2, -0.15) is 10.4 Å². The molecule has 0 aliphatic heterocycles. The third-order valence-electron chi connectivity index (χ3n) is 4.15. The minimum Gasteiger partial charge on any atom is -0.324 e. The van der Waals surface area contributed by atoms with Gasteiger partial charge < -0.3 is 5.32 Å². The lowest BCUT2D eigenvalue weighted by Crippen LogP contribution is -2.04.